The lowest BCUT2D eigenvalue weighted by atomic mass is 10.2. The van der Waals surface area contributed by atoms with Crippen LogP contribution in [0.4, 0.5) is 0 Å². The van der Waals surface area contributed by atoms with Gasteiger partial charge in [-0.2, -0.15) is 0 Å². The third-order valence-electron chi connectivity index (χ3n) is 2.04. The fourth-order valence-corrected chi connectivity index (χ4v) is 1.81. The maximum atomic E-state index is 4.13. The van der Waals surface area contributed by atoms with Gasteiger partial charge in [-0.15, -0.1) is 0 Å². The van der Waals surface area contributed by atoms with E-state index in [0.717, 1.165) is 5.16 Å². The van der Waals surface area contributed by atoms with Crippen molar-refractivity contribution in [1.82, 2.24) is 9.97 Å². The van der Waals surface area contributed by atoms with E-state index in [0.29, 0.717) is 0 Å². The fourth-order valence-electron chi connectivity index (χ4n) is 1.21. The molecule has 2 nitrogen and oxygen atoms in total. The minimum absolute atomic E-state index is 0.822. The van der Waals surface area contributed by atoms with Gasteiger partial charge in [-0.3, -0.25) is 0 Å². The lowest BCUT2D eigenvalue weighted by Gasteiger charge is -1.94. The van der Waals surface area contributed by atoms with Crippen molar-refractivity contribution in [2.75, 3.05) is 0 Å². The van der Waals surface area contributed by atoms with E-state index >= 15 is 0 Å². The summed E-state index contributed by atoms with van der Waals surface area (Å²) in [5, 5.41) is 2.91. The molecule has 82 valence electrons. The molecule has 0 radical (unpaired) electrons. The van der Waals surface area contributed by atoms with Crippen LogP contribution < -0.4 is 0 Å². The monoisotopic (exact) mass is 222 g/mol. The molecule has 15 heavy (non-hydrogen) atoms. The Morgan fingerprint density at radius 3 is 2.73 bits per heavy atom. The molecule has 0 atom stereocenters. The van der Waals surface area contributed by atoms with Gasteiger partial charge in [0.25, 0.3) is 0 Å². The number of aromatic nitrogens is 2. The second kappa shape index (κ2) is 8.48. The van der Waals surface area contributed by atoms with Gasteiger partial charge in [0.05, 0.1) is 0 Å². The highest BCUT2D eigenvalue weighted by atomic mass is 32.2. The van der Waals surface area contributed by atoms with Crippen LogP contribution in [0.3, 0.4) is 0 Å². The molecule has 1 aromatic heterocycles. The molecule has 0 amide bonds. The number of nitrogens with zero attached hydrogens (tertiary/aromatic N) is 2. The average Bonchev–Trinajstić information content (AvgIpc) is 2.29. The van der Waals surface area contributed by atoms with Gasteiger partial charge in [-0.05, 0) is 24.3 Å². The van der Waals surface area contributed by atoms with E-state index in [4.69, 9.17) is 0 Å². The van der Waals surface area contributed by atoms with Gasteiger partial charge in [-0.1, -0.05) is 44.0 Å². The van der Waals surface area contributed by atoms with E-state index in [-0.39, 0.29) is 0 Å². The number of thioether (sulfide) groups is 1. The van der Waals surface area contributed by atoms with Gasteiger partial charge in [0.2, 0.25) is 0 Å². The number of unbranched alkanes of at least 4 members (excludes halogenated alkanes) is 4. The summed E-state index contributed by atoms with van der Waals surface area (Å²) in [6.45, 7) is 2.23. The largest absolute Gasteiger partial charge is 0.231 e. The first-order chi connectivity index (χ1) is 7.43. The number of hydrogen-bond donors (Lipinski definition) is 0. The molecular weight excluding hydrogens is 204 g/mol. The number of allylic oxidation sites excluding steroid dienone is 1. The molecule has 0 saturated carbocycles. The van der Waals surface area contributed by atoms with Crippen LogP contribution in [-0.4, -0.2) is 9.97 Å². The van der Waals surface area contributed by atoms with Crippen molar-refractivity contribution in [2.24, 2.45) is 0 Å². The normalized spacial score (nSPS) is 11.0. The molecule has 1 rings (SSSR count). The molecule has 3 heteroatoms. The molecule has 0 aromatic carbocycles. The Morgan fingerprint density at radius 2 is 2.00 bits per heavy atom. The first-order valence-electron chi connectivity index (χ1n) is 5.52. The Balaban J connectivity index is 2.07. The van der Waals surface area contributed by atoms with Crippen molar-refractivity contribution in [3.8, 4) is 0 Å². The van der Waals surface area contributed by atoms with Crippen molar-refractivity contribution in [2.45, 2.75) is 44.2 Å². The third-order valence-corrected chi connectivity index (χ3v) is 2.79. The van der Waals surface area contributed by atoms with Gasteiger partial charge in [-0.25, -0.2) is 9.97 Å². The Bertz CT molecular complexity index is 272. The summed E-state index contributed by atoms with van der Waals surface area (Å²) in [5.41, 5.74) is 0. The molecule has 0 bridgehead atoms. The zero-order valence-electron chi connectivity index (χ0n) is 9.22. The standard InChI is InChI=1S/C12H18N2S/c1-2-3-4-5-6-7-11-15-12-13-9-8-10-14-12/h7-11H,2-6H2,1H3/b11-7+. The first-order valence-corrected chi connectivity index (χ1v) is 6.40. The molecule has 1 aromatic rings. The van der Waals surface area contributed by atoms with E-state index in [9.17, 15) is 0 Å². The maximum Gasteiger partial charge on any atom is 0.191 e. The van der Waals surface area contributed by atoms with Crippen LogP contribution in [0.15, 0.2) is 35.1 Å². The summed E-state index contributed by atoms with van der Waals surface area (Å²) in [6, 6.07) is 1.83. The summed E-state index contributed by atoms with van der Waals surface area (Å²) in [5.74, 6) is 0. The summed E-state index contributed by atoms with van der Waals surface area (Å²) in [4.78, 5) is 8.25. The molecule has 1 heterocycles. The van der Waals surface area contributed by atoms with Gasteiger partial charge in [0.15, 0.2) is 5.16 Å². The van der Waals surface area contributed by atoms with Crippen LogP contribution in [-0.2, 0) is 0 Å². The smallest absolute Gasteiger partial charge is 0.191 e. The van der Waals surface area contributed by atoms with Crippen LogP contribution in [0.2, 0.25) is 0 Å². The summed E-state index contributed by atoms with van der Waals surface area (Å²) < 4.78 is 0. The quantitative estimate of drug-likeness (QED) is 0.395. The Morgan fingerprint density at radius 1 is 1.20 bits per heavy atom. The minimum atomic E-state index is 0.822. The molecule has 0 N–H and O–H groups in total. The molecule has 0 saturated heterocycles. The second-order valence-electron chi connectivity index (χ2n) is 3.37. The first kappa shape index (κ1) is 12.2. The van der Waals surface area contributed by atoms with Crippen molar-refractivity contribution in [3.05, 3.63) is 29.9 Å². The van der Waals surface area contributed by atoms with Crippen LogP contribution in [0.25, 0.3) is 0 Å². The van der Waals surface area contributed by atoms with Crippen LogP contribution in [0.1, 0.15) is 39.0 Å². The molecule has 0 spiro atoms. The van der Waals surface area contributed by atoms with E-state index < -0.39 is 0 Å². The van der Waals surface area contributed by atoms with Crippen LogP contribution in [0.5, 0.6) is 0 Å². The molecule has 0 aliphatic heterocycles. The highest BCUT2D eigenvalue weighted by Crippen LogP contribution is 2.13. The van der Waals surface area contributed by atoms with Gasteiger partial charge >= 0.3 is 0 Å². The van der Waals surface area contributed by atoms with Crippen molar-refractivity contribution < 1.29 is 0 Å². The third kappa shape index (κ3) is 6.28. The Kier molecular flexibility index (Phi) is 6.92. The van der Waals surface area contributed by atoms with E-state index in [2.05, 4.69) is 28.4 Å². The summed E-state index contributed by atoms with van der Waals surface area (Å²) in [7, 11) is 0. The second-order valence-corrected chi connectivity index (χ2v) is 4.24. The van der Waals surface area contributed by atoms with E-state index in [1.165, 1.54) is 32.1 Å². The zero-order chi connectivity index (χ0) is 10.8. The average molecular weight is 222 g/mol. The topological polar surface area (TPSA) is 25.8 Å². The molecule has 0 aliphatic carbocycles. The fraction of sp³-hybridized carbons (Fsp3) is 0.500. The summed E-state index contributed by atoms with van der Waals surface area (Å²) >= 11 is 1.58. The highest BCUT2D eigenvalue weighted by molar-refractivity contribution is 8.02. The van der Waals surface area contributed by atoms with Crippen LogP contribution >= 0.6 is 11.8 Å². The summed E-state index contributed by atoms with van der Waals surface area (Å²) in [6.07, 6.45) is 12.2. The Hall–Kier alpha value is -0.830. The van der Waals surface area contributed by atoms with Gasteiger partial charge < -0.3 is 0 Å². The van der Waals surface area contributed by atoms with E-state index in [1.54, 1.807) is 24.2 Å². The zero-order valence-corrected chi connectivity index (χ0v) is 10.0. The Labute approximate surface area is 96.2 Å². The maximum absolute atomic E-state index is 4.13. The molecule has 0 unspecified atom stereocenters. The predicted molar refractivity (Wildman–Crippen MR) is 65.8 cm³/mol. The number of rotatable bonds is 7. The lowest BCUT2D eigenvalue weighted by molar-refractivity contribution is 0.675. The van der Waals surface area contributed by atoms with E-state index in [1.807, 2.05) is 6.07 Å². The molecule has 0 aliphatic rings. The van der Waals surface area contributed by atoms with Gasteiger partial charge in [0, 0.05) is 12.4 Å². The number of hydrogen-bond acceptors (Lipinski definition) is 3. The van der Waals surface area contributed by atoms with Crippen molar-refractivity contribution in [3.63, 3.8) is 0 Å². The van der Waals surface area contributed by atoms with Crippen molar-refractivity contribution in [1.29, 1.82) is 0 Å². The van der Waals surface area contributed by atoms with Crippen molar-refractivity contribution >= 4 is 11.8 Å². The van der Waals surface area contributed by atoms with Crippen LogP contribution in [0, 0.1) is 0 Å². The lowest BCUT2D eigenvalue weighted by Crippen LogP contribution is -1.79. The minimum Gasteiger partial charge on any atom is -0.231 e. The SMILES string of the molecule is CCCCCC/C=C/Sc1ncccn1. The highest BCUT2D eigenvalue weighted by Gasteiger charge is 1.89. The molecular formula is C12H18N2S. The molecule has 0 fully saturated rings. The van der Waals surface area contributed by atoms with Gasteiger partial charge in [0.1, 0.15) is 0 Å². The predicted octanol–water partition coefficient (Wildman–Crippen LogP) is 4.05.